The second kappa shape index (κ2) is 9.56. The van der Waals surface area contributed by atoms with Crippen molar-refractivity contribution in [1.29, 1.82) is 0 Å². The van der Waals surface area contributed by atoms with Crippen LogP contribution in [-0.4, -0.2) is 51.1 Å². The van der Waals surface area contributed by atoms with Gasteiger partial charge in [-0.3, -0.25) is 20.2 Å². The molecule has 0 bridgehead atoms. The van der Waals surface area contributed by atoms with Gasteiger partial charge < -0.3 is 20.4 Å². The van der Waals surface area contributed by atoms with Crippen molar-refractivity contribution in [1.82, 2.24) is 10.6 Å². The maximum Gasteiger partial charge on any atom is 0.321 e. The monoisotopic (exact) mass is 374 g/mol. The molecule has 0 heterocycles. The second-order valence-corrected chi connectivity index (χ2v) is 6.11. The molecule has 2 aromatic carbocycles. The average Bonchev–Trinajstić information content (AvgIpc) is 2.63. The van der Waals surface area contributed by atoms with Gasteiger partial charge in [0.1, 0.15) is 23.6 Å². The highest BCUT2D eigenvalue weighted by Gasteiger charge is 2.20. The fraction of sp³-hybridized carbons (Fsp3) is 0.263. The molecule has 0 aliphatic heterocycles. The number of aromatic hydroxyl groups is 2. The third kappa shape index (κ3) is 6.61. The normalized spacial score (nSPS) is 13.0. The van der Waals surface area contributed by atoms with E-state index in [0.717, 1.165) is 11.1 Å². The van der Waals surface area contributed by atoms with Crippen LogP contribution >= 0.6 is 0 Å². The third-order valence-corrected chi connectivity index (χ3v) is 4.05. The largest absolute Gasteiger partial charge is 0.508 e. The molecule has 0 fully saturated rings. The number of carbonyl (C=O) groups is 2. The first-order valence-electron chi connectivity index (χ1n) is 8.33. The zero-order valence-corrected chi connectivity index (χ0v) is 14.5. The Labute approximate surface area is 156 Å². The minimum atomic E-state index is -1.06. The van der Waals surface area contributed by atoms with Gasteiger partial charge in [0.05, 0.1) is 0 Å². The maximum absolute atomic E-state index is 11.4. The summed E-state index contributed by atoms with van der Waals surface area (Å²) in [6, 6.07) is 10.6. The minimum absolute atomic E-state index is 0.00982. The smallest absolute Gasteiger partial charge is 0.321 e. The molecular formula is C19H22N2O6. The van der Waals surface area contributed by atoms with Crippen LogP contribution in [0.4, 0.5) is 0 Å². The summed E-state index contributed by atoms with van der Waals surface area (Å²) >= 11 is 0. The van der Waals surface area contributed by atoms with Gasteiger partial charge in [0.2, 0.25) is 0 Å². The molecule has 0 saturated carbocycles. The van der Waals surface area contributed by atoms with E-state index in [9.17, 15) is 30.0 Å². The van der Waals surface area contributed by atoms with Crippen LogP contribution in [0.3, 0.4) is 0 Å². The Morgan fingerprint density at radius 2 is 1.04 bits per heavy atom. The summed E-state index contributed by atoms with van der Waals surface area (Å²) in [6.07, 6.45) is 0.375. The number of hydrogen-bond donors (Lipinski definition) is 6. The Morgan fingerprint density at radius 1 is 0.704 bits per heavy atom. The van der Waals surface area contributed by atoms with Gasteiger partial charge in [0.15, 0.2) is 0 Å². The van der Waals surface area contributed by atoms with Crippen molar-refractivity contribution in [2.45, 2.75) is 24.9 Å². The summed E-state index contributed by atoms with van der Waals surface area (Å²) in [7, 11) is 0. The number of benzene rings is 2. The highest BCUT2D eigenvalue weighted by molar-refractivity contribution is 5.74. The molecule has 0 unspecified atom stereocenters. The van der Waals surface area contributed by atoms with E-state index in [-0.39, 0.29) is 31.0 Å². The molecule has 0 saturated heterocycles. The van der Waals surface area contributed by atoms with Crippen LogP contribution < -0.4 is 10.6 Å². The van der Waals surface area contributed by atoms with E-state index in [1.165, 1.54) is 24.3 Å². The molecule has 0 spiro atoms. The minimum Gasteiger partial charge on any atom is -0.508 e. The quantitative estimate of drug-likeness (QED) is 0.338. The molecule has 8 heteroatoms. The fourth-order valence-corrected chi connectivity index (χ4v) is 2.53. The number of phenols is 2. The van der Waals surface area contributed by atoms with Crippen molar-refractivity contribution < 1.29 is 30.0 Å². The summed E-state index contributed by atoms with van der Waals surface area (Å²) < 4.78 is 0. The Kier molecular flexibility index (Phi) is 7.16. The first-order valence-corrected chi connectivity index (χ1v) is 8.33. The van der Waals surface area contributed by atoms with E-state index in [1.807, 2.05) is 0 Å². The standard InChI is InChI=1S/C19H22N2O6/c22-14-5-1-12(2-6-14)9-16(18(24)25)20-11-21-17(19(26)27)10-13-3-7-15(23)8-4-13/h1-8,16-17,20-23H,9-11H2,(H,24,25)(H,26,27)/t16-,17-/m0/s1. The van der Waals surface area contributed by atoms with Crippen LogP contribution in [0, 0.1) is 0 Å². The number of aliphatic carboxylic acids is 2. The number of nitrogens with one attached hydrogen (secondary N) is 2. The first-order chi connectivity index (χ1) is 12.8. The van der Waals surface area contributed by atoms with E-state index in [0.29, 0.717) is 0 Å². The molecule has 2 atom stereocenters. The van der Waals surface area contributed by atoms with Gasteiger partial charge in [-0.15, -0.1) is 0 Å². The lowest BCUT2D eigenvalue weighted by Crippen LogP contribution is -2.48. The van der Waals surface area contributed by atoms with Crippen molar-refractivity contribution in [3.05, 3.63) is 59.7 Å². The molecule has 2 rings (SSSR count). The van der Waals surface area contributed by atoms with Crippen molar-refractivity contribution in [3.8, 4) is 11.5 Å². The molecule has 8 nitrogen and oxygen atoms in total. The number of carboxylic acid groups (broad SMARTS) is 2. The first kappa shape index (κ1) is 20.2. The van der Waals surface area contributed by atoms with Crippen LogP contribution in [0.1, 0.15) is 11.1 Å². The summed E-state index contributed by atoms with van der Waals surface area (Å²) in [5.74, 6) is -1.93. The number of rotatable bonds is 10. The number of phenolic OH excluding ortho intramolecular Hbond substituents is 2. The lowest BCUT2D eigenvalue weighted by Gasteiger charge is -2.19. The molecule has 27 heavy (non-hydrogen) atoms. The van der Waals surface area contributed by atoms with Gasteiger partial charge >= 0.3 is 11.9 Å². The van der Waals surface area contributed by atoms with Crippen LogP contribution in [0.5, 0.6) is 11.5 Å². The highest BCUT2D eigenvalue weighted by Crippen LogP contribution is 2.12. The van der Waals surface area contributed by atoms with Gasteiger partial charge in [0, 0.05) is 6.67 Å². The summed E-state index contributed by atoms with van der Waals surface area (Å²) in [5.41, 5.74) is 1.46. The van der Waals surface area contributed by atoms with Gasteiger partial charge in [-0.25, -0.2) is 0 Å². The molecular weight excluding hydrogens is 352 g/mol. The number of hydrogen-bond acceptors (Lipinski definition) is 6. The van der Waals surface area contributed by atoms with E-state index >= 15 is 0 Å². The van der Waals surface area contributed by atoms with Gasteiger partial charge in [-0.2, -0.15) is 0 Å². The van der Waals surface area contributed by atoms with Crippen LogP contribution in [0.15, 0.2) is 48.5 Å². The van der Waals surface area contributed by atoms with E-state index in [1.54, 1.807) is 24.3 Å². The Balaban J connectivity index is 1.90. The average molecular weight is 374 g/mol. The molecule has 144 valence electrons. The number of carboxylic acids is 2. The zero-order valence-electron chi connectivity index (χ0n) is 14.5. The van der Waals surface area contributed by atoms with E-state index in [4.69, 9.17) is 0 Å². The lowest BCUT2D eigenvalue weighted by molar-refractivity contribution is -0.139. The molecule has 6 N–H and O–H groups in total. The Bertz CT molecular complexity index is 695. The Morgan fingerprint density at radius 3 is 1.33 bits per heavy atom. The van der Waals surface area contributed by atoms with Gasteiger partial charge in [-0.05, 0) is 48.2 Å². The molecule has 0 aliphatic carbocycles. The SMILES string of the molecule is O=C(O)[C@H](Cc1ccc(O)cc1)NCN[C@@H](Cc1ccc(O)cc1)C(=O)O. The predicted octanol–water partition coefficient (Wildman–Crippen LogP) is 0.926. The van der Waals surface area contributed by atoms with E-state index in [2.05, 4.69) is 10.6 Å². The van der Waals surface area contributed by atoms with Crippen LogP contribution in [0.2, 0.25) is 0 Å². The molecule has 0 radical (unpaired) electrons. The molecule has 0 aliphatic rings. The molecule has 2 aromatic rings. The fourth-order valence-electron chi connectivity index (χ4n) is 2.53. The summed E-state index contributed by atoms with van der Waals surface area (Å²) in [4.78, 5) is 22.8. The maximum atomic E-state index is 11.4. The predicted molar refractivity (Wildman–Crippen MR) is 97.6 cm³/mol. The van der Waals surface area contributed by atoms with Gasteiger partial charge in [-0.1, -0.05) is 24.3 Å². The lowest BCUT2D eigenvalue weighted by atomic mass is 10.1. The molecule has 0 aromatic heterocycles. The van der Waals surface area contributed by atoms with Crippen molar-refractivity contribution >= 4 is 11.9 Å². The zero-order chi connectivity index (χ0) is 19.8. The van der Waals surface area contributed by atoms with Crippen LogP contribution in [0.25, 0.3) is 0 Å². The molecule has 0 amide bonds. The van der Waals surface area contributed by atoms with E-state index < -0.39 is 24.0 Å². The third-order valence-electron chi connectivity index (χ3n) is 4.05. The highest BCUT2D eigenvalue weighted by atomic mass is 16.4. The van der Waals surface area contributed by atoms with Crippen LogP contribution in [-0.2, 0) is 22.4 Å². The topological polar surface area (TPSA) is 139 Å². The summed E-state index contributed by atoms with van der Waals surface area (Å²) in [6.45, 7) is -0.00982. The van der Waals surface area contributed by atoms with Crippen molar-refractivity contribution in [2.75, 3.05) is 6.67 Å². The summed E-state index contributed by atoms with van der Waals surface area (Å²) in [5, 5.41) is 42.8. The Hall–Kier alpha value is -3.10. The van der Waals surface area contributed by atoms with Crippen molar-refractivity contribution in [3.63, 3.8) is 0 Å². The second-order valence-electron chi connectivity index (χ2n) is 6.11. The van der Waals surface area contributed by atoms with Crippen molar-refractivity contribution in [2.24, 2.45) is 0 Å². The van der Waals surface area contributed by atoms with Gasteiger partial charge in [0.25, 0.3) is 0 Å².